The molecule has 0 aromatic carbocycles. The van der Waals surface area contributed by atoms with Gasteiger partial charge in [-0.25, -0.2) is 4.79 Å². The third kappa shape index (κ3) is 4.35. The summed E-state index contributed by atoms with van der Waals surface area (Å²) >= 11 is 15.8. The second kappa shape index (κ2) is 5.05. The SMILES string of the molecule is CC(C)C(NC(=O)C(Cl)(Cl)Cl)C(=O)O. The first kappa shape index (κ1) is 13.8. The van der Waals surface area contributed by atoms with Gasteiger partial charge in [-0.2, -0.15) is 0 Å². The van der Waals surface area contributed by atoms with Crippen LogP contribution in [-0.2, 0) is 9.59 Å². The molecule has 82 valence electrons. The van der Waals surface area contributed by atoms with Gasteiger partial charge in [-0.3, -0.25) is 4.79 Å². The number of aliphatic carboxylic acids is 1. The van der Waals surface area contributed by atoms with E-state index in [1.54, 1.807) is 13.8 Å². The number of hydrogen-bond acceptors (Lipinski definition) is 2. The molecule has 0 saturated heterocycles. The van der Waals surface area contributed by atoms with E-state index in [1.165, 1.54) is 0 Å². The number of alkyl halides is 3. The molecule has 0 aliphatic carbocycles. The van der Waals surface area contributed by atoms with Crippen molar-refractivity contribution >= 4 is 46.7 Å². The van der Waals surface area contributed by atoms with E-state index in [9.17, 15) is 9.59 Å². The van der Waals surface area contributed by atoms with E-state index in [1.807, 2.05) is 0 Å². The summed E-state index contributed by atoms with van der Waals surface area (Å²) in [6.07, 6.45) is 0. The average molecular weight is 263 g/mol. The maximum absolute atomic E-state index is 11.1. The summed E-state index contributed by atoms with van der Waals surface area (Å²) in [7, 11) is 0. The van der Waals surface area contributed by atoms with Crippen LogP contribution in [0.5, 0.6) is 0 Å². The molecule has 1 unspecified atom stereocenters. The van der Waals surface area contributed by atoms with Gasteiger partial charge in [0.25, 0.3) is 9.70 Å². The fraction of sp³-hybridized carbons (Fsp3) is 0.714. The molecule has 0 aromatic rings. The first-order valence-electron chi connectivity index (χ1n) is 3.76. The Bertz CT molecular complexity index is 237. The number of amides is 1. The van der Waals surface area contributed by atoms with Crippen LogP contribution in [0.2, 0.25) is 0 Å². The molecular weight excluding hydrogens is 252 g/mol. The lowest BCUT2D eigenvalue weighted by Crippen LogP contribution is -2.48. The quantitative estimate of drug-likeness (QED) is 0.759. The molecule has 7 heteroatoms. The minimum atomic E-state index is -2.14. The van der Waals surface area contributed by atoms with Gasteiger partial charge in [-0.05, 0) is 5.92 Å². The van der Waals surface area contributed by atoms with E-state index in [2.05, 4.69) is 5.32 Å². The monoisotopic (exact) mass is 261 g/mol. The molecule has 0 bridgehead atoms. The number of rotatable bonds is 3. The van der Waals surface area contributed by atoms with Crippen LogP contribution in [0.15, 0.2) is 0 Å². The first-order valence-corrected chi connectivity index (χ1v) is 4.90. The summed E-state index contributed by atoms with van der Waals surface area (Å²) in [5.41, 5.74) is 0. The van der Waals surface area contributed by atoms with Crippen LogP contribution in [0.3, 0.4) is 0 Å². The van der Waals surface area contributed by atoms with E-state index in [4.69, 9.17) is 39.9 Å². The Balaban J connectivity index is 4.48. The van der Waals surface area contributed by atoms with Crippen molar-refractivity contribution in [1.82, 2.24) is 5.32 Å². The highest BCUT2D eigenvalue weighted by molar-refractivity contribution is 6.76. The van der Waals surface area contributed by atoms with Crippen LogP contribution in [0.4, 0.5) is 0 Å². The average Bonchev–Trinajstić information content (AvgIpc) is 1.96. The van der Waals surface area contributed by atoms with Crippen molar-refractivity contribution in [2.45, 2.75) is 23.7 Å². The van der Waals surface area contributed by atoms with Crippen LogP contribution < -0.4 is 5.32 Å². The molecule has 0 heterocycles. The highest BCUT2D eigenvalue weighted by Crippen LogP contribution is 2.26. The molecule has 0 aromatic heterocycles. The third-order valence-corrected chi connectivity index (χ3v) is 1.99. The highest BCUT2D eigenvalue weighted by Gasteiger charge is 2.34. The fourth-order valence-corrected chi connectivity index (χ4v) is 0.900. The Morgan fingerprint density at radius 1 is 1.29 bits per heavy atom. The number of hydrogen-bond donors (Lipinski definition) is 2. The molecule has 0 saturated carbocycles. The fourth-order valence-electron chi connectivity index (χ4n) is 0.737. The van der Waals surface area contributed by atoms with Crippen molar-refractivity contribution in [3.63, 3.8) is 0 Å². The molecule has 1 atom stereocenters. The highest BCUT2D eigenvalue weighted by atomic mass is 35.6. The van der Waals surface area contributed by atoms with Crippen molar-refractivity contribution < 1.29 is 14.7 Å². The number of halogens is 3. The molecule has 4 nitrogen and oxygen atoms in total. The lowest BCUT2D eigenvalue weighted by atomic mass is 10.1. The summed E-state index contributed by atoms with van der Waals surface area (Å²) in [5.74, 6) is -2.39. The topological polar surface area (TPSA) is 66.4 Å². The van der Waals surface area contributed by atoms with Crippen LogP contribution in [0.25, 0.3) is 0 Å². The molecule has 2 N–H and O–H groups in total. The van der Waals surface area contributed by atoms with Crippen molar-refractivity contribution in [3.8, 4) is 0 Å². The Morgan fingerprint density at radius 2 is 1.71 bits per heavy atom. The Hall–Kier alpha value is -0.190. The number of carboxylic acid groups (broad SMARTS) is 1. The van der Waals surface area contributed by atoms with Crippen LogP contribution >= 0.6 is 34.8 Å². The van der Waals surface area contributed by atoms with Crippen LogP contribution in [0.1, 0.15) is 13.8 Å². The van der Waals surface area contributed by atoms with Gasteiger partial charge in [0, 0.05) is 0 Å². The largest absolute Gasteiger partial charge is 0.480 e. The number of carboxylic acids is 1. The molecule has 0 aliphatic rings. The van der Waals surface area contributed by atoms with Gasteiger partial charge in [0.1, 0.15) is 6.04 Å². The summed E-state index contributed by atoms with van der Waals surface area (Å²) < 4.78 is -2.14. The van der Waals surface area contributed by atoms with Crippen molar-refractivity contribution in [1.29, 1.82) is 0 Å². The summed E-state index contributed by atoms with van der Waals surface area (Å²) in [6, 6.07) is -1.06. The van der Waals surface area contributed by atoms with Crippen LogP contribution in [0, 0.1) is 5.92 Å². The Morgan fingerprint density at radius 3 is 1.93 bits per heavy atom. The summed E-state index contributed by atoms with van der Waals surface area (Å²) in [4.78, 5) is 21.8. The number of carbonyl (C=O) groups excluding carboxylic acids is 1. The maximum atomic E-state index is 11.1. The zero-order valence-corrected chi connectivity index (χ0v) is 9.82. The number of nitrogens with one attached hydrogen (secondary N) is 1. The predicted octanol–water partition coefficient (Wildman–Crippen LogP) is 1.58. The molecule has 14 heavy (non-hydrogen) atoms. The molecule has 0 rings (SSSR count). The smallest absolute Gasteiger partial charge is 0.326 e. The van der Waals surface area contributed by atoms with Gasteiger partial charge in [-0.1, -0.05) is 48.7 Å². The maximum Gasteiger partial charge on any atom is 0.326 e. The van der Waals surface area contributed by atoms with Crippen molar-refractivity contribution in [3.05, 3.63) is 0 Å². The molecule has 0 fully saturated rings. The second-order valence-corrected chi connectivity index (χ2v) is 5.31. The van der Waals surface area contributed by atoms with E-state index >= 15 is 0 Å². The molecule has 0 radical (unpaired) electrons. The zero-order valence-electron chi connectivity index (χ0n) is 7.55. The van der Waals surface area contributed by atoms with E-state index < -0.39 is 21.7 Å². The second-order valence-electron chi connectivity index (χ2n) is 3.03. The minimum absolute atomic E-state index is 0.288. The van der Waals surface area contributed by atoms with E-state index in [-0.39, 0.29) is 5.92 Å². The van der Waals surface area contributed by atoms with Crippen molar-refractivity contribution in [2.24, 2.45) is 5.92 Å². The molecule has 0 aliphatic heterocycles. The normalized spacial score (nSPS) is 13.9. The Kier molecular flexibility index (Phi) is 4.98. The zero-order chi connectivity index (χ0) is 11.5. The van der Waals surface area contributed by atoms with E-state index in [0.29, 0.717) is 0 Å². The lowest BCUT2D eigenvalue weighted by molar-refractivity contribution is -0.142. The van der Waals surface area contributed by atoms with Gasteiger partial charge >= 0.3 is 5.97 Å². The summed E-state index contributed by atoms with van der Waals surface area (Å²) in [5, 5.41) is 10.8. The molecule has 1 amide bonds. The Labute approximate surface area is 96.5 Å². The van der Waals surface area contributed by atoms with Gasteiger partial charge < -0.3 is 10.4 Å². The first-order chi connectivity index (χ1) is 6.16. The van der Waals surface area contributed by atoms with Crippen LogP contribution in [-0.4, -0.2) is 26.8 Å². The lowest BCUT2D eigenvalue weighted by Gasteiger charge is -2.20. The minimum Gasteiger partial charge on any atom is -0.480 e. The van der Waals surface area contributed by atoms with E-state index in [0.717, 1.165) is 0 Å². The van der Waals surface area contributed by atoms with Gasteiger partial charge in [0.15, 0.2) is 0 Å². The van der Waals surface area contributed by atoms with Crippen molar-refractivity contribution in [2.75, 3.05) is 0 Å². The molecule has 0 spiro atoms. The van der Waals surface area contributed by atoms with Gasteiger partial charge in [-0.15, -0.1) is 0 Å². The van der Waals surface area contributed by atoms with Gasteiger partial charge in [0.05, 0.1) is 0 Å². The standard InChI is InChI=1S/C7H10Cl3NO3/c1-3(2)4(5(12)13)11-6(14)7(8,9)10/h3-4H,1-2H3,(H,11,14)(H,12,13). The van der Waals surface area contributed by atoms with Gasteiger partial charge in [0.2, 0.25) is 0 Å². The summed E-state index contributed by atoms with van der Waals surface area (Å²) in [6.45, 7) is 3.27. The number of carbonyl (C=O) groups is 2. The predicted molar refractivity (Wildman–Crippen MR) is 54.7 cm³/mol. The third-order valence-electron chi connectivity index (χ3n) is 1.48. The molecular formula is C7H10Cl3NO3.